The lowest BCUT2D eigenvalue weighted by Crippen LogP contribution is -2.33. The average molecular weight is 410 g/mol. The van der Waals surface area contributed by atoms with Crippen LogP contribution < -0.4 is 11.1 Å². The lowest BCUT2D eigenvalue weighted by atomic mass is 10.1. The highest BCUT2D eigenvalue weighted by molar-refractivity contribution is 14.0. The average Bonchev–Trinajstić information content (AvgIpc) is 2.50. The Labute approximate surface area is 149 Å². The second-order valence-electron chi connectivity index (χ2n) is 4.94. The summed E-state index contributed by atoms with van der Waals surface area (Å²) in [5, 5.41) is 3.15. The maximum Gasteiger partial charge on any atom is 0.188 e. The molecule has 0 aliphatic rings. The Morgan fingerprint density at radius 3 is 2.64 bits per heavy atom. The normalized spacial score (nSPS) is 10.9. The number of nitrogens with one attached hydrogen (secondary N) is 1. The lowest BCUT2D eigenvalue weighted by Gasteiger charge is -2.07. The first-order valence-electron chi connectivity index (χ1n) is 7.24. The molecular formula is C17H23IN4. The molecule has 0 atom stereocenters. The largest absolute Gasteiger partial charge is 0.370 e. The summed E-state index contributed by atoms with van der Waals surface area (Å²) in [5.41, 5.74) is 9.54. The Morgan fingerprint density at radius 2 is 1.91 bits per heavy atom. The van der Waals surface area contributed by atoms with Crippen LogP contribution in [0.3, 0.4) is 0 Å². The number of hydrogen-bond acceptors (Lipinski definition) is 2. The maximum atomic E-state index is 5.86. The predicted octanol–water partition coefficient (Wildman–Crippen LogP) is 2.70. The van der Waals surface area contributed by atoms with Gasteiger partial charge >= 0.3 is 0 Å². The van der Waals surface area contributed by atoms with Crippen molar-refractivity contribution < 1.29 is 0 Å². The monoisotopic (exact) mass is 410 g/mol. The van der Waals surface area contributed by atoms with Gasteiger partial charge in [0.2, 0.25) is 0 Å². The molecule has 3 N–H and O–H groups in total. The molecule has 2 rings (SSSR count). The minimum atomic E-state index is 0. The van der Waals surface area contributed by atoms with Gasteiger partial charge in [0.25, 0.3) is 0 Å². The first-order chi connectivity index (χ1) is 10.3. The van der Waals surface area contributed by atoms with Gasteiger partial charge in [-0.2, -0.15) is 0 Å². The fraction of sp³-hybridized carbons (Fsp3) is 0.294. The Balaban J connectivity index is 0.00000242. The quantitative estimate of drug-likeness (QED) is 0.437. The number of aryl methyl sites for hydroxylation is 1. The van der Waals surface area contributed by atoms with Crippen molar-refractivity contribution in [1.82, 2.24) is 10.3 Å². The third-order valence-corrected chi connectivity index (χ3v) is 3.34. The van der Waals surface area contributed by atoms with Gasteiger partial charge in [0.05, 0.1) is 0 Å². The highest BCUT2D eigenvalue weighted by Crippen LogP contribution is 2.06. The predicted molar refractivity (Wildman–Crippen MR) is 103 cm³/mol. The van der Waals surface area contributed by atoms with Crippen LogP contribution in [0, 0.1) is 6.92 Å². The van der Waals surface area contributed by atoms with Crippen LogP contribution in [0.4, 0.5) is 0 Å². The highest BCUT2D eigenvalue weighted by Gasteiger charge is 1.98. The molecule has 2 aromatic rings. The third kappa shape index (κ3) is 6.43. The fourth-order valence-electron chi connectivity index (χ4n) is 2.11. The number of aromatic nitrogens is 1. The van der Waals surface area contributed by atoms with Crippen molar-refractivity contribution in [2.24, 2.45) is 10.7 Å². The zero-order chi connectivity index (χ0) is 14.9. The van der Waals surface area contributed by atoms with Gasteiger partial charge < -0.3 is 11.1 Å². The molecule has 4 nitrogen and oxygen atoms in total. The van der Waals surface area contributed by atoms with Crippen LogP contribution in [0.1, 0.15) is 16.8 Å². The van der Waals surface area contributed by atoms with Gasteiger partial charge in [-0.3, -0.25) is 9.98 Å². The van der Waals surface area contributed by atoms with E-state index in [0.717, 1.165) is 25.1 Å². The van der Waals surface area contributed by atoms with Gasteiger partial charge in [-0.15, -0.1) is 24.0 Å². The summed E-state index contributed by atoms with van der Waals surface area (Å²) in [6.07, 6.45) is 3.55. The third-order valence-electron chi connectivity index (χ3n) is 3.34. The Kier molecular flexibility index (Phi) is 8.50. The number of aliphatic imine (C=N–C) groups is 1. The summed E-state index contributed by atoms with van der Waals surface area (Å²) in [5.74, 6) is 0.500. The Bertz CT molecular complexity index is 584. The summed E-state index contributed by atoms with van der Waals surface area (Å²) in [6.45, 7) is 3.57. The number of hydrogen-bond donors (Lipinski definition) is 2. The van der Waals surface area contributed by atoms with Crippen LogP contribution >= 0.6 is 24.0 Å². The minimum Gasteiger partial charge on any atom is -0.370 e. The van der Waals surface area contributed by atoms with Gasteiger partial charge in [-0.25, -0.2) is 0 Å². The van der Waals surface area contributed by atoms with E-state index in [-0.39, 0.29) is 24.0 Å². The maximum absolute atomic E-state index is 5.86. The van der Waals surface area contributed by atoms with Crippen molar-refractivity contribution in [3.05, 3.63) is 65.5 Å². The van der Waals surface area contributed by atoms with Crippen LogP contribution in [0.25, 0.3) is 0 Å². The molecule has 5 heteroatoms. The van der Waals surface area contributed by atoms with Gasteiger partial charge in [0.15, 0.2) is 5.96 Å². The van der Waals surface area contributed by atoms with Crippen molar-refractivity contribution in [2.75, 3.05) is 13.1 Å². The van der Waals surface area contributed by atoms with Crippen LogP contribution in [0.15, 0.2) is 53.7 Å². The number of nitrogens with zero attached hydrogens (tertiary/aromatic N) is 2. The van der Waals surface area contributed by atoms with Crippen LogP contribution in [-0.4, -0.2) is 24.0 Å². The van der Waals surface area contributed by atoms with E-state index in [9.17, 15) is 0 Å². The van der Waals surface area contributed by atoms with E-state index in [1.54, 1.807) is 6.20 Å². The molecular weight excluding hydrogens is 387 g/mol. The number of nitrogens with two attached hydrogens (primary N) is 1. The topological polar surface area (TPSA) is 63.3 Å². The Morgan fingerprint density at radius 1 is 1.14 bits per heavy atom. The van der Waals surface area contributed by atoms with E-state index in [1.165, 1.54) is 11.1 Å². The number of rotatable bonds is 6. The highest BCUT2D eigenvalue weighted by atomic mass is 127. The molecule has 118 valence electrons. The summed E-state index contributed by atoms with van der Waals surface area (Å²) in [7, 11) is 0. The summed E-state index contributed by atoms with van der Waals surface area (Å²) >= 11 is 0. The van der Waals surface area contributed by atoms with Crippen molar-refractivity contribution >= 4 is 29.9 Å². The van der Waals surface area contributed by atoms with Crippen LogP contribution in [0.5, 0.6) is 0 Å². The van der Waals surface area contributed by atoms with E-state index >= 15 is 0 Å². The number of benzene rings is 1. The van der Waals surface area contributed by atoms with E-state index in [2.05, 4.69) is 46.5 Å². The van der Waals surface area contributed by atoms with Gasteiger partial charge in [0, 0.05) is 31.4 Å². The van der Waals surface area contributed by atoms with Crippen molar-refractivity contribution in [3.63, 3.8) is 0 Å². The first kappa shape index (κ1) is 18.4. The van der Waals surface area contributed by atoms with E-state index in [4.69, 9.17) is 5.73 Å². The molecule has 1 heterocycles. The van der Waals surface area contributed by atoms with Crippen LogP contribution in [-0.2, 0) is 12.8 Å². The molecule has 0 fully saturated rings. The fourth-order valence-corrected chi connectivity index (χ4v) is 2.11. The van der Waals surface area contributed by atoms with Gasteiger partial charge in [0.1, 0.15) is 0 Å². The zero-order valence-electron chi connectivity index (χ0n) is 12.8. The molecule has 0 aliphatic carbocycles. The second kappa shape index (κ2) is 10.2. The number of pyridine rings is 1. The smallest absolute Gasteiger partial charge is 0.188 e. The van der Waals surface area contributed by atoms with Gasteiger partial charge in [-0.05, 0) is 36.6 Å². The Hall–Kier alpha value is -1.63. The standard InChI is InChI=1S/C17H22N4.HI/c1-14-6-2-3-7-15(14)9-12-20-17(18)21-13-10-16-8-4-5-11-19-16;/h2-8,11H,9-10,12-13H2,1H3,(H3,18,20,21);1H. The number of guanidine groups is 1. The molecule has 0 saturated heterocycles. The molecule has 0 bridgehead atoms. The summed E-state index contributed by atoms with van der Waals surface area (Å²) < 4.78 is 0. The molecule has 1 aromatic carbocycles. The molecule has 0 saturated carbocycles. The van der Waals surface area contributed by atoms with E-state index < -0.39 is 0 Å². The van der Waals surface area contributed by atoms with Crippen molar-refractivity contribution in [1.29, 1.82) is 0 Å². The number of halogens is 1. The molecule has 0 radical (unpaired) electrons. The molecule has 22 heavy (non-hydrogen) atoms. The van der Waals surface area contributed by atoms with Crippen LogP contribution in [0.2, 0.25) is 0 Å². The second-order valence-corrected chi connectivity index (χ2v) is 4.94. The van der Waals surface area contributed by atoms with Gasteiger partial charge in [-0.1, -0.05) is 30.3 Å². The van der Waals surface area contributed by atoms with E-state index in [0.29, 0.717) is 12.5 Å². The molecule has 1 aromatic heterocycles. The first-order valence-corrected chi connectivity index (χ1v) is 7.24. The van der Waals surface area contributed by atoms with Crippen molar-refractivity contribution in [3.8, 4) is 0 Å². The zero-order valence-corrected chi connectivity index (χ0v) is 15.2. The lowest BCUT2D eigenvalue weighted by molar-refractivity contribution is 0.836. The van der Waals surface area contributed by atoms with E-state index in [1.807, 2.05) is 18.2 Å². The molecule has 0 spiro atoms. The summed E-state index contributed by atoms with van der Waals surface area (Å²) in [6, 6.07) is 14.3. The molecule has 0 amide bonds. The SMILES string of the molecule is Cc1ccccc1CCNC(N)=NCCc1ccccn1.I. The minimum absolute atomic E-state index is 0. The summed E-state index contributed by atoms with van der Waals surface area (Å²) in [4.78, 5) is 8.57. The van der Waals surface area contributed by atoms with Crippen molar-refractivity contribution in [2.45, 2.75) is 19.8 Å². The molecule has 0 aliphatic heterocycles. The molecule has 0 unspecified atom stereocenters.